The third-order valence-corrected chi connectivity index (χ3v) is 3.60. The highest BCUT2D eigenvalue weighted by Crippen LogP contribution is 2.07. The molecule has 7 nitrogen and oxygen atoms in total. The summed E-state index contributed by atoms with van der Waals surface area (Å²) < 4.78 is 9.59. The number of hydrogen-bond acceptors (Lipinski definition) is 7. The van der Waals surface area contributed by atoms with Crippen molar-refractivity contribution in [3.63, 3.8) is 0 Å². The lowest BCUT2D eigenvalue weighted by Gasteiger charge is -2.13. The normalized spacial score (nSPS) is 11.0. The van der Waals surface area contributed by atoms with E-state index in [-0.39, 0.29) is 30.9 Å². The zero-order chi connectivity index (χ0) is 20.4. The van der Waals surface area contributed by atoms with Crippen molar-refractivity contribution >= 4 is 11.9 Å². The van der Waals surface area contributed by atoms with Crippen LogP contribution in [0.2, 0.25) is 0 Å². The van der Waals surface area contributed by atoms with E-state index in [0.29, 0.717) is 0 Å². The van der Waals surface area contributed by atoms with Crippen LogP contribution in [-0.2, 0) is 19.1 Å². The van der Waals surface area contributed by atoms with E-state index in [0.717, 1.165) is 19.3 Å². The van der Waals surface area contributed by atoms with Crippen molar-refractivity contribution in [1.29, 1.82) is 5.26 Å². The molecule has 0 spiro atoms. The Labute approximate surface area is 158 Å². The van der Waals surface area contributed by atoms with Crippen LogP contribution in [0.3, 0.4) is 0 Å². The average molecular weight is 370 g/mol. The Balaban J connectivity index is 0. The van der Waals surface area contributed by atoms with Gasteiger partial charge in [-0.2, -0.15) is 5.26 Å². The van der Waals surface area contributed by atoms with Crippen LogP contribution in [0.1, 0.15) is 60.3 Å². The summed E-state index contributed by atoms with van der Waals surface area (Å²) in [5.74, 6) is -1.37. The van der Waals surface area contributed by atoms with E-state index >= 15 is 0 Å². The van der Waals surface area contributed by atoms with Gasteiger partial charge in [-0.25, -0.2) is 4.79 Å². The Morgan fingerprint density at radius 3 is 1.96 bits per heavy atom. The summed E-state index contributed by atoms with van der Waals surface area (Å²) in [7, 11) is 0. The van der Waals surface area contributed by atoms with Gasteiger partial charge in [-0.1, -0.05) is 40.5 Å². The summed E-state index contributed by atoms with van der Waals surface area (Å²) in [5.41, 5.74) is 5.09. The number of nitrogens with two attached hydrogens (primary N) is 1. The molecule has 0 aliphatic carbocycles. The fourth-order valence-electron chi connectivity index (χ4n) is 1.96. The van der Waals surface area contributed by atoms with E-state index in [1.165, 1.54) is 19.6 Å². The molecule has 0 rings (SSSR count). The van der Waals surface area contributed by atoms with Crippen LogP contribution in [0.4, 0.5) is 0 Å². The number of ether oxygens (including phenoxy) is 2. The molecule has 0 saturated carbocycles. The molecular formula is C19H35N3O4. The summed E-state index contributed by atoms with van der Waals surface area (Å²) in [4.78, 5) is 25.2. The fourth-order valence-corrected chi connectivity index (χ4v) is 1.96. The van der Waals surface area contributed by atoms with Crippen LogP contribution in [0, 0.1) is 11.3 Å². The molecule has 0 bridgehead atoms. The third kappa shape index (κ3) is 13.2. The minimum absolute atomic E-state index is 0.124. The summed E-state index contributed by atoms with van der Waals surface area (Å²) in [6, 6.07) is 1.66. The molecular weight excluding hydrogens is 334 g/mol. The number of unbranched alkanes of at least 4 members (excludes halogenated alkanes) is 2. The number of nitrogens with zero attached hydrogens (tertiary/aromatic N) is 2. The summed E-state index contributed by atoms with van der Waals surface area (Å²) in [6.07, 6.45) is 2.39. The number of hydrogen-bond donors (Lipinski definition) is 1. The molecule has 0 atom stereocenters. The molecule has 0 aliphatic heterocycles. The first kappa shape index (κ1) is 26.2. The minimum Gasteiger partial charge on any atom is -0.466 e. The minimum atomic E-state index is -0.791. The first-order valence-electron chi connectivity index (χ1n) is 9.35. The van der Waals surface area contributed by atoms with Crippen LogP contribution in [0.5, 0.6) is 0 Å². The lowest BCUT2D eigenvalue weighted by Crippen LogP contribution is -2.21. The van der Waals surface area contributed by atoms with Gasteiger partial charge in [-0.05, 0) is 33.0 Å². The topological polar surface area (TPSA) is 106 Å². The number of rotatable bonds is 11. The Bertz CT molecular complexity index is 460. The van der Waals surface area contributed by atoms with Gasteiger partial charge in [0, 0.05) is 5.70 Å². The van der Waals surface area contributed by atoms with Gasteiger partial charge in [0.25, 0.3) is 0 Å². The maximum absolute atomic E-state index is 11.6. The van der Waals surface area contributed by atoms with Crippen LogP contribution >= 0.6 is 0 Å². The first-order chi connectivity index (χ1) is 12.4. The molecule has 26 heavy (non-hydrogen) atoms. The molecule has 0 aromatic heterocycles. The van der Waals surface area contributed by atoms with Crippen molar-refractivity contribution < 1.29 is 19.1 Å². The molecule has 0 radical (unpaired) electrons. The van der Waals surface area contributed by atoms with Crippen molar-refractivity contribution in [2.75, 3.05) is 32.8 Å². The molecule has 0 aliphatic rings. The maximum Gasteiger partial charge on any atom is 0.350 e. The van der Waals surface area contributed by atoms with Gasteiger partial charge in [0.1, 0.15) is 6.07 Å². The molecule has 0 fully saturated rings. The largest absolute Gasteiger partial charge is 0.466 e. The standard InChI is InChI=1S/C13H20N2O4.C6H15N/c1-3-5-6-7-19-13(17)10(9-14)11(15)8-12(16)18-4-2;1-4-7(5-2)6-3/h3-8,15H2,1-2H3;4-6H2,1-3H3. The van der Waals surface area contributed by atoms with Crippen molar-refractivity contribution in [3.8, 4) is 6.07 Å². The molecule has 0 heterocycles. The third-order valence-electron chi connectivity index (χ3n) is 3.60. The van der Waals surface area contributed by atoms with E-state index in [1.54, 1.807) is 13.0 Å². The zero-order valence-electron chi connectivity index (χ0n) is 17.0. The number of carbonyl (C=O) groups excluding carboxylic acids is 2. The summed E-state index contributed by atoms with van der Waals surface area (Å²) >= 11 is 0. The molecule has 0 unspecified atom stereocenters. The lowest BCUT2D eigenvalue weighted by atomic mass is 10.2. The smallest absolute Gasteiger partial charge is 0.350 e. The second-order valence-corrected chi connectivity index (χ2v) is 5.46. The van der Waals surface area contributed by atoms with Gasteiger partial charge in [-0.15, -0.1) is 0 Å². The predicted molar refractivity (Wildman–Crippen MR) is 102 cm³/mol. The highest BCUT2D eigenvalue weighted by molar-refractivity contribution is 5.94. The molecule has 0 saturated heterocycles. The van der Waals surface area contributed by atoms with Crippen molar-refractivity contribution in [1.82, 2.24) is 4.90 Å². The number of nitriles is 1. The van der Waals surface area contributed by atoms with Crippen LogP contribution in [0.15, 0.2) is 11.3 Å². The number of carbonyl (C=O) groups is 2. The van der Waals surface area contributed by atoms with E-state index in [9.17, 15) is 9.59 Å². The van der Waals surface area contributed by atoms with Gasteiger partial charge < -0.3 is 20.1 Å². The molecule has 2 N–H and O–H groups in total. The van der Waals surface area contributed by atoms with Crippen molar-refractivity contribution in [2.24, 2.45) is 5.73 Å². The number of esters is 2. The zero-order valence-corrected chi connectivity index (χ0v) is 17.0. The van der Waals surface area contributed by atoms with Crippen LogP contribution in [0.25, 0.3) is 0 Å². The van der Waals surface area contributed by atoms with E-state index in [2.05, 4.69) is 30.4 Å². The van der Waals surface area contributed by atoms with Gasteiger partial charge in [0.15, 0.2) is 5.57 Å². The van der Waals surface area contributed by atoms with E-state index < -0.39 is 11.9 Å². The van der Waals surface area contributed by atoms with Crippen LogP contribution < -0.4 is 5.73 Å². The quantitative estimate of drug-likeness (QED) is 0.258. The molecule has 0 amide bonds. The van der Waals surface area contributed by atoms with Crippen LogP contribution in [-0.4, -0.2) is 49.7 Å². The highest BCUT2D eigenvalue weighted by Gasteiger charge is 2.17. The second kappa shape index (κ2) is 17.7. The van der Waals surface area contributed by atoms with Gasteiger partial charge in [0.05, 0.1) is 19.6 Å². The van der Waals surface area contributed by atoms with E-state index in [1.807, 2.05) is 6.92 Å². The Morgan fingerprint density at radius 1 is 1.00 bits per heavy atom. The van der Waals surface area contributed by atoms with Gasteiger partial charge in [0.2, 0.25) is 0 Å². The average Bonchev–Trinajstić information content (AvgIpc) is 2.61. The Hall–Kier alpha value is -2.07. The Morgan fingerprint density at radius 2 is 1.58 bits per heavy atom. The SMILES string of the molecule is CCCCCOC(=O)C(C#N)=C(N)CC(=O)OCC.CCN(CC)CC. The summed E-state index contributed by atoms with van der Waals surface area (Å²) in [6.45, 7) is 14.3. The summed E-state index contributed by atoms with van der Waals surface area (Å²) in [5, 5.41) is 8.87. The molecule has 7 heteroatoms. The molecule has 0 aromatic rings. The molecule has 0 aromatic carbocycles. The fraction of sp³-hybridized carbons (Fsp3) is 0.737. The van der Waals surface area contributed by atoms with Crippen molar-refractivity contribution in [2.45, 2.75) is 60.3 Å². The predicted octanol–water partition coefficient (Wildman–Crippen LogP) is 2.76. The highest BCUT2D eigenvalue weighted by atomic mass is 16.5. The first-order valence-corrected chi connectivity index (χ1v) is 9.35. The van der Waals surface area contributed by atoms with Gasteiger partial charge in [-0.3, -0.25) is 4.79 Å². The lowest BCUT2D eigenvalue weighted by molar-refractivity contribution is -0.142. The van der Waals surface area contributed by atoms with Crippen molar-refractivity contribution in [3.05, 3.63) is 11.3 Å². The van der Waals surface area contributed by atoms with Gasteiger partial charge >= 0.3 is 11.9 Å². The maximum atomic E-state index is 11.6. The van der Waals surface area contributed by atoms with E-state index in [4.69, 9.17) is 15.7 Å². The Kier molecular flexibility index (Phi) is 17.9. The second-order valence-electron chi connectivity index (χ2n) is 5.46. The monoisotopic (exact) mass is 369 g/mol. The molecule has 150 valence electrons.